The van der Waals surface area contributed by atoms with Gasteiger partial charge in [0.1, 0.15) is 18.3 Å². The molecular formula is C18H18F2N4O2. The smallest absolute Gasteiger partial charge is 0.277 e. The molecule has 6 nitrogen and oxygen atoms in total. The lowest BCUT2D eigenvalue weighted by molar-refractivity contribution is 0.101. The van der Waals surface area contributed by atoms with Gasteiger partial charge in [-0.1, -0.05) is 0 Å². The molecule has 3 rings (SSSR count). The van der Waals surface area contributed by atoms with Crippen LogP contribution >= 0.6 is 0 Å². The number of benzene rings is 1. The van der Waals surface area contributed by atoms with Crippen molar-refractivity contribution >= 4 is 17.4 Å². The molecule has 2 heterocycles. The van der Waals surface area contributed by atoms with E-state index in [0.717, 1.165) is 6.07 Å². The van der Waals surface area contributed by atoms with Gasteiger partial charge in [-0.3, -0.25) is 9.79 Å². The third-order valence-electron chi connectivity index (χ3n) is 4.15. The van der Waals surface area contributed by atoms with E-state index in [2.05, 4.69) is 15.3 Å². The van der Waals surface area contributed by atoms with Crippen molar-refractivity contribution in [2.45, 2.75) is 18.9 Å². The number of amidine groups is 1. The van der Waals surface area contributed by atoms with Crippen LogP contribution in [0.1, 0.15) is 29.4 Å². The second-order valence-corrected chi connectivity index (χ2v) is 6.16. The number of nitrogens with two attached hydrogens (primary N) is 1. The maximum Gasteiger partial charge on any atom is 0.277 e. The summed E-state index contributed by atoms with van der Waals surface area (Å²) in [5, 5.41) is 2.53. The number of anilines is 1. The highest BCUT2D eigenvalue weighted by atomic mass is 19.1. The molecule has 1 amide bonds. The van der Waals surface area contributed by atoms with Crippen LogP contribution in [0, 0.1) is 11.6 Å². The van der Waals surface area contributed by atoms with Gasteiger partial charge in [-0.15, -0.1) is 0 Å². The van der Waals surface area contributed by atoms with Crippen LogP contribution < -0.4 is 11.1 Å². The van der Waals surface area contributed by atoms with Gasteiger partial charge in [-0.25, -0.2) is 13.8 Å². The molecule has 1 aliphatic rings. The number of amides is 1. The second kappa shape index (κ2) is 7.17. The average molecular weight is 360 g/mol. The zero-order valence-electron chi connectivity index (χ0n) is 14.1. The Balaban J connectivity index is 1.92. The Labute approximate surface area is 149 Å². The van der Waals surface area contributed by atoms with Gasteiger partial charge < -0.3 is 15.8 Å². The SMILES string of the molecule is C[C@@]1(c2cc(NC(=O)c3ncccc3F)ccc2F)CCOCC(N)=N1. The summed E-state index contributed by atoms with van der Waals surface area (Å²) in [5.41, 5.74) is 5.10. The number of ether oxygens (including phenoxy) is 1. The number of nitrogens with one attached hydrogen (secondary N) is 1. The topological polar surface area (TPSA) is 89.6 Å². The third-order valence-corrected chi connectivity index (χ3v) is 4.15. The van der Waals surface area contributed by atoms with Crippen molar-refractivity contribution in [1.82, 2.24) is 4.98 Å². The van der Waals surface area contributed by atoms with Crippen LogP contribution in [-0.4, -0.2) is 29.9 Å². The van der Waals surface area contributed by atoms with E-state index in [4.69, 9.17) is 10.5 Å². The van der Waals surface area contributed by atoms with Crippen LogP contribution in [0.25, 0.3) is 0 Å². The first-order valence-corrected chi connectivity index (χ1v) is 8.03. The van der Waals surface area contributed by atoms with Crippen molar-refractivity contribution in [3.63, 3.8) is 0 Å². The van der Waals surface area contributed by atoms with E-state index in [-0.39, 0.29) is 23.7 Å². The molecule has 2 aromatic rings. The number of carbonyl (C=O) groups excluding carboxylic acids is 1. The molecule has 1 aromatic heterocycles. The number of hydrogen-bond donors (Lipinski definition) is 2. The largest absolute Gasteiger partial charge is 0.386 e. The zero-order valence-corrected chi connectivity index (χ0v) is 14.1. The van der Waals surface area contributed by atoms with Gasteiger partial charge in [0.25, 0.3) is 5.91 Å². The number of pyridine rings is 1. The Morgan fingerprint density at radius 1 is 1.31 bits per heavy atom. The van der Waals surface area contributed by atoms with Gasteiger partial charge in [0.15, 0.2) is 11.5 Å². The van der Waals surface area contributed by atoms with Crippen LogP contribution in [-0.2, 0) is 10.3 Å². The number of carbonyl (C=O) groups is 1. The molecule has 0 saturated carbocycles. The van der Waals surface area contributed by atoms with Gasteiger partial charge in [-0.2, -0.15) is 0 Å². The minimum absolute atomic E-state index is 0.187. The molecule has 0 aliphatic carbocycles. The normalized spacial score (nSPS) is 20.2. The third kappa shape index (κ3) is 3.70. The fourth-order valence-electron chi connectivity index (χ4n) is 2.81. The summed E-state index contributed by atoms with van der Waals surface area (Å²) in [6, 6.07) is 6.61. The van der Waals surface area contributed by atoms with E-state index >= 15 is 0 Å². The molecule has 1 aromatic carbocycles. The van der Waals surface area contributed by atoms with E-state index in [1.165, 1.54) is 30.5 Å². The van der Waals surface area contributed by atoms with Crippen molar-refractivity contribution in [3.8, 4) is 0 Å². The minimum atomic E-state index is -0.929. The van der Waals surface area contributed by atoms with Gasteiger partial charge in [0.05, 0.1) is 5.54 Å². The fraction of sp³-hybridized carbons (Fsp3) is 0.278. The predicted molar refractivity (Wildman–Crippen MR) is 93.0 cm³/mol. The number of aliphatic imine (C=N–C) groups is 1. The van der Waals surface area contributed by atoms with E-state index in [0.29, 0.717) is 18.7 Å². The average Bonchev–Trinajstić information content (AvgIpc) is 2.78. The molecular weight excluding hydrogens is 342 g/mol. The lowest BCUT2D eigenvalue weighted by atomic mass is 9.88. The molecule has 26 heavy (non-hydrogen) atoms. The highest BCUT2D eigenvalue weighted by Crippen LogP contribution is 2.34. The summed E-state index contributed by atoms with van der Waals surface area (Å²) in [6.07, 6.45) is 1.75. The van der Waals surface area contributed by atoms with Crippen molar-refractivity contribution < 1.29 is 18.3 Å². The van der Waals surface area contributed by atoms with Gasteiger partial charge >= 0.3 is 0 Å². The Kier molecular flexibility index (Phi) is 4.94. The molecule has 0 saturated heterocycles. The first kappa shape index (κ1) is 17.9. The molecule has 0 spiro atoms. The van der Waals surface area contributed by atoms with Crippen LogP contribution in [0.5, 0.6) is 0 Å². The fourth-order valence-corrected chi connectivity index (χ4v) is 2.81. The molecule has 1 atom stereocenters. The molecule has 0 bridgehead atoms. The molecule has 136 valence electrons. The van der Waals surface area contributed by atoms with Crippen molar-refractivity contribution in [3.05, 3.63) is 59.4 Å². The summed E-state index contributed by atoms with van der Waals surface area (Å²) >= 11 is 0. The lowest BCUT2D eigenvalue weighted by Crippen LogP contribution is -2.26. The maximum atomic E-state index is 14.4. The summed E-state index contributed by atoms with van der Waals surface area (Å²) in [4.78, 5) is 20.3. The Morgan fingerprint density at radius 3 is 2.88 bits per heavy atom. The lowest BCUT2D eigenvalue weighted by Gasteiger charge is -2.25. The molecule has 3 N–H and O–H groups in total. The standard InChI is InChI=1S/C18H18F2N4O2/c1-18(6-8-26-10-15(21)24-18)12-9-11(4-5-13(12)19)23-17(25)16-14(20)3-2-7-22-16/h2-5,7,9H,6,8,10H2,1H3,(H2,21,24)(H,23,25)/t18-/m0/s1. The number of aromatic nitrogens is 1. The molecule has 0 unspecified atom stereocenters. The molecule has 0 radical (unpaired) electrons. The highest BCUT2D eigenvalue weighted by molar-refractivity contribution is 6.03. The van der Waals surface area contributed by atoms with Crippen molar-refractivity contribution in [2.24, 2.45) is 10.7 Å². The number of nitrogens with zero attached hydrogens (tertiary/aromatic N) is 2. The van der Waals surface area contributed by atoms with Crippen molar-refractivity contribution in [2.75, 3.05) is 18.5 Å². The van der Waals surface area contributed by atoms with Gasteiger partial charge in [0.2, 0.25) is 0 Å². The predicted octanol–water partition coefficient (Wildman–Crippen LogP) is 2.60. The first-order chi connectivity index (χ1) is 12.4. The van der Waals surface area contributed by atoms with Crippen LogP contribution in [0.3, 0.4) is 0 Å². The van der Waals surface area contributed by atoms with E-state index in [1.807, 2.05) is 0 Å². The maximum absolute atomic E-state index is 14.4. The summed E-state index contributed by atoms with van der Waals surface area (Å²) in [6.45, 7) is 2.30. The zero-order chi connectivity index (χ0) is 18.7. The number of halogens is 2. The monoisotopic (exact) mass is 360 g/mol. The van der Waals surface area contributed by atoms with E-state index in [9.17, 15) is 13.6 Å². The van der Waals surface area contributed by atoms with E-state index in [1.54, 1.807) is 6.92 Å². The minimum Gasteiger partial charge on any atom is -0.386 e. The second-order valence-electron chi connectivity index (χ2n) is 6.16. The Morgan fingerprint density at radius 2 is 2.12 bits per heavy atom. The molecule has 0 fully saturated rings. The number of rotatable bonds is 3. The number of hydrogen-bond acceptors (Lipinski definition) is 5. The Bertz CT molecular complexity index is 872. The first-order valence-electron chi connectivity index (χ1n) is 8.03. The van der Waals surface area contributed by atoms with Crippen LogP contribution in [0.2, 0.25) is 0 Å². The summed E-state index contributed by atoms with van der Waals surface area (Å²) in [7, 11) is 0. The quantitative estimate of drug-likeness (QED) is 0.880. The van der Waals surface area contributed by atoms with Gasteiger partial charge in [-0.05, 0) is 43.7 Å². The van der Waals surface area contributed by atoms with Crippen molar-refractivity contribution in [1.29, 1.82) is 0 Å². The Hall–Kier alpha value is -2.87. The van der Waals surface area contributed by atoms with Gasteiger partial charge in [0, 0.05) is 24.1 Å². The molecule has 8 heteroatoms. The van der Waals surface area contributed by atoms with E-state index < -0.39 is 23.1 Å². The van der Waals surface area contributed by atoms with Crippen LogP contribution in [0.4, 0.5) is 14.5 Å². The highest BCUT2D eigenvalue weighted by Gasteiger charge is 2.31. The molecule has 1 aliphatic heterocycles. The summed E-state index contributed by atoms with van der Waals surface area (Å²) < 4.78 is 33.5. The van der Waals surface area contributed by atoms with Crippen LogP contribution in [0.15, 0.2) is 41.5 Å². The summed E-state index contributed by atoms with van der Waals surface area (Å²) in [5.74, 6) is -1.67.